The third-order valence-corrected chi connectivity index (χ3v) is 2.76. The molecule has 0 N–H and O–H groups in total. The SMILES string of the molecule is C=CC(=O)O/C=C/OOCCOC(=O)C(=O)c1ccc(N(C)C)cc1. The summed E-state index contributed by atoms with van der Waals surface area (Å²) in [6.07, 6.45) is 2.91. The quantitative estimate of drug-likeness (QED) is 0.0920. The fourth-order valence-electron chi connectivity index (χ4n) is 1.52. The third kappa shape index (κ3) is 7.32. The van der Waals surface area contributed by atoms with Crippen molar-refractivity contribution in [2.45, 2.75) is 0 Å². The van der Waals surface area contributed by atoms with Crippen LogP contribution in [0, 0.1) is 0 Å². The van der Waals surface area contributed by atoms with Crippen molar-refractivity contribution in [3.05, 3.63) is 55.0 Å². The highest BCUT2D eigenvalue weighted by molar-refractivity contribution is 6.40. The Labute approximate surface area is 145 Å². The van der Waals surface area contributed by atoms with Crippen LogP contribution < -0.4 is 4.90 Å². The summed E-state index contributed by atoms with van der Waals surface area (Å²) in [6.45, 7) is 2.91. The lowest BCUT2D eigenvalue weighted by Gasteiger charge is -2.12. The predicted octanol–water partition coefficient (Wildman–Crippen LogP) is 1.63. The number of benzene rings is 1. The van der Waals surface area contributed by atoms with Gasteiger partial charge in [-0.25, -0.2) is 9.59 Å². The van der Waals surface area contributed by atoms with Crippen molar-refractivity contribution in [1.82, 2.24) is 0 Å². The van der Waals surface area contributed by atoms with Gasteiger partial charge in [0.15, 0.2) is 6.26 Å². The first-order valence-electron chi connectivity index (χ1n) is 7.21. The van der Waals surface area contributed by atoms with Crippen LogP contribution in [0.3, 0.4) is 0 Å². The fraction of sp³-hybridized carbons (Fsp3) is 0.235. The highest BCUT2D eigenvalue weighted by Gasteiger charge is 2.17. The number of hydrogen-bond acceptors (Lipinski definition) is 8. The summed E-state index contributed by atoms with van der Waals surface area (Å²) in [5.74, 6) is -2.38. The Morgan fingerprint density at radius 3 is 2.36 bits per heavy atom. The average Bonchev–Trinajstić information content (AvgIpc) is 2.62. The summed E-state index contributed by atoms with van der Waals surface area (Å²) in [6, 6.07) is 6.55. The molecule has 0 aromatic heterocycles. The molecule has 0 fully saturated rings. The van der Waals surface area contributed by atoms with E-state index in [1.54, 1.807) is 24.3 Å². The van der Waals surface area contributed by atoms with Crippen LogP contribution in [-0.2, 0) is 28.8 Å². The summed E-state index contributed by atoms with van der Waals surface area (Å²) in [5.41, 5.74) is 1.14. The van der Waals surface area contributed by atoms with Gasteiger partial charge in [0, 0.05) is 31.4 Å². The summed E-state index contributed by atoms with van der Waals surface area (Å²) >= 11 is 0. The minimum atomic E-state index is -0.989. The minimum Gasteiger partial charge on any atom is -0.457 e. The van der Waals surface area contributed by atoms with Gasteiger partial charge in [0.05, 0.1) is 0 Å². The number of carbonyl (C=O) groups excluding carboxylic acids is 3. The molecular formula is C17H19NO7. The largest absolute Gasteiger partial charge is 0.457 e. The second-order valence-electron chi connectivity index (χ2n) is 4.74. The fourth-order valence-corrected chi connectivity index (χ4v) is 1.52. The lowest BCUT2D eigenvalue weighted by Crippen LogP contribution is -2.20. The van der Waals surface area contributed by atoms with Gasteiger partial charge in [-0.15, -0.1) is 0 Å². The zero-order valence-electron chi connectivity index (χ0n) is 14.0. The van der Waals surface area contributed by atoms with Crippen LogP contribution in [0.1, 0.15) is 10.4 Å². The smallest absolute Gasteiger partial charge is 0.379 e. The monoisotopic (exact) mass is 349 g/mol. The van der Waals surface area contributed by atoms with Gasteiger partial charge in [-0.3, -0.25) is 4.79 Å². The molecule has 25 heavy (non-hydrogen) atoms. The van der Waals surface area contributed by atoms with Gasteiger partial charge in [-0.05, 0) is 24.3 Å². The normalized spacial score (nSPS) is 10.2. The van der Waals surface area contributed by atoms with Crippen LogP contribution in [-0.4, -0.2) is 45.0 Å². The molecule has 0 saturated heterocycles. The maximum atomic E-state index is 11.9. The summed E-state index contributed by atoms with van der Waals surface area (Å²) in [7, 11) is 3.73. The molecule has 0 amide bonds. The number of ketones is 1. The first-order chi connectivity index (χ1) is 12.0. The van der Waals surface area contributed by atoms with Crippen LogP contribution in [0.4, 0.5) is 5.69 Å². The lowest BCUT2D eigenvalue weighted by atomic mass is 10.1. The van der Waals surface area contributed by atoms with E-state index in [0.717, 1.165) is 24.3 Å². The van der Waals surface area contributed by atoms with Crippen molar-refractivity contribution < 1.29 is 33.6 Å². The first kappa shape index (κ1) is 19.9. The van der Waals surface area contributed by atoms with Crippen LogP contribution in [0.2, 0.25) is 0 Å². The molecule has 0 atom stereocenters. The van der Waals surface area contributed by atoms with E-state index in [2.05, 4.69) is 21.1 Å². The van der Waals surface area contributed by atoms with Gasteiger partial charge in [0.1, 0.15) is 19.5 Å². The lowest BCUT2D eigenvalue weighted by molar-refractivity contribution is -0.255. The molecule has 0 unspecified atom stereocenters. The molecule has 8 nitrogen and oxygen atoms in total. The van der Waals surface area contributed by atoms with E-state index in [1.165, 1.54) is 0 Å². The number of Topliss-reactive ketones (excluding diaryl/α,β-unsaturated/α-hetero) is 1. The standard InChI is InChI=1S/C17H19NO7/c1-4-15(19)22-9-11-24-25-12-10-23-17(21)16(20)13-5-7-14(8-6-13)18(2)3/h4-9,11H,1,10,12H2,2-3H3/b11-9+. The molecule has 0 heterocycles. The number of ether oxygens (including phenoxy) is 2. The topological polar surface area (TPSA) is 91.4 Å². The van der Waals surface area contributed by atoms with Gasteiger partial charge in [0.2, 0.25) is 0 Å². The van der Waals surface area contributed by atoms with E-state index in [4.69, 9.17) is 4.74 Å². The Balaban J connectivity index is 2.26. The molecule has 0 spiro atoms. The Bertz CT molecular complexity index is 635. The van der Waals surface area contributed by atoms with E-state index in [9.17, 15) is 14.4 Å². The number of anilines is 1. The number of nitrogens with zero attached hydrogens (tertiary/aromatic N) is 1. The van der Waals surface area contributed by atoms with Crippen LogP contribution >= 0.6 is 0 Å². The zero-order valence-corrected chi connectivity index (χ0v) is 14.0. The van der Waals surface area contributed by atoms with Crippen LogP contribution in [0.15, 0.2) is 49.4 Å². The summed E-state index contributed by atoms with van der Waals surface area (Å²) in [5, 5.41) is 0. The van der Waals surface area contributed by atoms with Crippen LogP contribution in [0.5, 0.6) is 0 Å². The van der Waals surface area contributed by atoms with Gasteiger partial charge in [-0.1, -0.05) is 6.58 Å². The Hall–Kier alpha value is -3.13. The molecule has 0 aliphatic heterocycles. The van der Waals surface area contributed by atoms with Crippen molar-refractivity contribution in [3.63, 3.8) is 0 Å². The zero-order chi connectivity index (χ0) is 18.7. The molecule has 1 rings (SSSR count). The summed E-state index contributed by atoms with van der Waals surface area (Å²) < 4.78 is 9.24. The Morgan fingerprint density at radius 2 is 1.76 bits per heavy atom. The van der Waals surface area contributed by atoms with Crippen molar-refractivity contribution >= 4 is 23.4 Å². The van der Waals surface area contributed by atoms with Crippen molar-refractivity contribution in [2.75, 3.05) is 32.2 Å². The molecule has 0 saturated carbocycles. The van der Waals surface area contributed by atoms with Gasteiger partial charge in [0.25, 0.3) is 5.78 Å². The summed E-state index contributed by atoms with van der Waals surface area (Å²) in [4.78, 5) is 45.2. The highest BCUT2D eigenvalue weighted by Crippen LogP contribution is 2.13. The molecule has 134 valence electrons. The molecule has 0 bridgehead atoms. The second kappa shape index (κ2) is 10.6. The third-order valence-electron chi connectivity index (χ3n) is 2.76. The van der Waals surface area contributed by atoms with Gasteiger partial charge < -0.3 is 19.3 Å². The molecule has 1 aromatic carbocycles. The van der Waals surface area contributed by atoms with E-state index in [1.807, 2.05) is 19.0 Å². The predicted molar refractivity (Wildman–Crippen MR) is 88.5 cm³/mol. The second-order valence-corrected chi connectivity index (χ2v) is 4.74. The molecule has 0 aliphatic carbocycles. The van der Waals surface area contributed by atoms with Crippen LogP contribution in [0.25, 0.3) is 0 Å². The maximum absolute atomic E-state index is 11.9. The van der Waals surface area contributed by atoms with Crippen molar-refractivity contribution in [1.29, 1.82) is 0 Å². The molecule has 0 radical (unpaired) electrons. The number of esters is 2. The van der Waals surface area contributed by atoms with E-state index in [0.29, 0.717) is 0 Å². The molecule has 0 aliphatic rings. The molecule has 1 aromatic rings. The van der Waals surface area contributed by atoms with E-state index in [-0.39, 0.29) is 18.8 Å². The Kier molecular flexibility index (Phi) is 8.45. The minimum absolute atomic E-state index is 0.113. The average molecular weight is 349 g/mol. The molecule has 8 heteroatoms. The van der Waals surface area contributed by atoms with Crippen molar-refractivity contribution in [2.24, 2.45) is 0 Å². The highest BCUT2D eigenvalue weighted by atomic mass is 17.2. The van der Waals surface area contributed by atoms with Gasteiger partial charge >= 0.3 is 11.9 Å². The Morgan fingerprint density at radius 1 is 1.08 bits per heavy atom. The number of carbonyl (C=O) groups is 3. The van der Waals surface area contributed by atoms with E-state index < -0.39 is 17.7 Å². The number of hydrogen-bond donors (Lipinski definition) is 0. The van der Waals surface area contributed by atoms with Gasteiger partial charge in [-0.2, -0.15) is 4.89 Å². The maximum Gasteiger partial charge on any atom is 0.379 e. The first-order valence-corrected chi connectivity index (χ1v) is 7.21. The van der Waals surface area contributed by atoms with E-state index >= 15 is 0 Å². The molecular weight excluding hydrogens is 330 g/mol. The van der Waals surface area contributed by atoms with Crippen molar-refractivity contribution in [3.8, 4) is 0 Å². The number of rotatable bonds is 10.